The Hall–Kier alpha value is -1.59. The predicted molar refractivity (Wildman–Crippen MR) is 84.5 cm³/mol. The van der Waals surface area contributed by atoms with Crippen molar-refractivity contribution in [2.45, 2.75) is 38.3 Å². The minimum atomic E-state index is 0.164. The highest BCUT2D eigenvalue weighted by Gasteiger charge is 2.31. The second-order valence-corrected chi connectivity index (χ2v) is 6.15. The molecule has 0 radical (unpaired) electrons. The SMILES string of the molecule is CC(CCc1ccco1)NC[C@@H]1CCO[C@H]1c1ccnn1C. The Kier molecular flexibility index (Phi) is 4.95. The van der Waals surface area contributed by atoms with Crippen LogP contribution in [0.5, 0.6) is 0 Å². The Morgan fingerprint density at radius 3 is 3.09 bits per heavy atom. The van der Waals surface area contributed by atoms with Crippen LogP contribution in [0.15, 0.2) is 35.1 Å². The number of ether oxygens (including phenoxy) is 1. The summed E-state index contributed by atoms with van der Waals surface area (Å²) in [5, 5.41) is 7.90. The van der Waals surface area contributed by atoms with E-state index >= 15 is 0 Å². The Morgan fingerprint density at radius 2 is 2.36 bits per heavy atom. The lowest BCUT2D eigenvalue weighted by molar-refractivity contribution is 0.0832. The van der Waals surface area contributed by atoms with Crippen LogP contribution < -0.4 is 5.32 Å². The van der Waals surface area contributed by atoms with Crippen molar-refractivity contribution in [2.24, 2.45) is 13.0 Å². The van der Waals surface area contributed by atoms with Crippen molar-refractivity contribution in [1.29, 1.82) is 0 Å². The molecule has 120 valence electrons. The molecule has 3 atom stereocenters. The van der Waals surface area contributed by atoms with Gasteiger partial charge in [0, 0.05) is 44.8 Å². The molecule has 0 amide bonds. The van der Waals surface area contributed by atoms with Gasteiger partial charge in [-0.05, 0) is 38.0 Å². The fraction of sp³-hybridized carbons (Fsp3) is 0.588. The summed E-state index contributed by atoms with van der Waals surface area (Å²) >= 11 is 0. The van der Waals surface area contributed by atoms with Crippen LogP contribution in [0.3, 0.4) is 0 Å². The molecule has 2 aromatic heterocycles. The van der Waals surface area contributed by atoms with Crippen molar-refractivity contribution in [2.75, 3.05) is 13.2 Å². The maximum Gasteiger partial charge on any atom is 0.103 e. The number of nitrogens with zero attached hydrogens (tertiary/aromatic N) is 2. The van der Waals surface area contributed by atoms with E-state index in [-0.39, 0.29) is 6.10 Å². The number of nitrogens with one attached hydrogen (secondary N) is 1. The van der Waals surface area contributed by atoms with Gasteiger partial charge in [-0.3, -0.25) is 4.68 Å². The van der Waals surface area contributed by atoms with Gasteiger partial charge in [-0.1, -0.05) is 0 Å². The molecule has 1 N–H and O–H groups in total. The molecule has 1 fully saturated rings. The normalized spacial score (nSPS) is 23.0. The third-order valence-corrected chi connectivity index (χ3v) is 4.50. The van der Waals surface area contributed by atoms with Crippen LogP contribution >= 0.6 is 0 Å². The maximum absolute atomic E-state index is 5.93. The molecular weight excluding hydrogens is 278 g/mol. The Balaban J connectivity index is 1.47. The maximum atomic E-state index is 5.93. The highest BCUT2D eigenvalue weighted by Crippen LogP contribution is 2.33. The van der Waals surface area contributed by atoms with Crippen LogP contribution in [0.2, 0.25) is 0 Å². The Morgan fingerprint density at radius 1 is 1.45 bits per heavy atom. The number of rotatable bonds is 7. The number of hydrogen-bond donors (Lipinski definition) is 1. The van der Waals surface area contributed by atoms with Crippen LogP contribution in [0.4, 0.5) is 0 Å². The molecule has 0 saturated carbocycles. The number of hydrogen-bond acceptors (Lipinski definition) is 4. The van der Waals surface area contributed by atoms with Gasteiger partial charge in [0.15, 0.2) is 0 Å². The number of aromatic nitrogens is 2. The lowest BCUT2D eigenvalue weighted by Gasteiger charge is -2.21. The minimum absolute atomic E-state index is 0.164. The van der Waals surface area contributed by atoms with Crippen LogP contribution in [0.1, 0.15) is 37.3 Å². The first-order chi connectivity index (χ1) is 10.7. The lowest BCUT2D eigenvalue weighted by Crippen LogP contribution is -2.33. The van der Waals surface area contributed by atoms with Crippen molar-refractivity contribution in [3.63, 3.8) is 0 Å². The standard InChI is InChI=1S/C17H25N3O2/c1-13(5-6-15-4-3-10-21-15)18-12-14-8-11-22-17(14)16-7-9-19-20(16)2/h3-4,7,9-10,13-14,17-18H,5-6,8,11-12H2,1-2H3/t13?,14-,17+/m0/s1. The molecule has 0 spiro atoms. The largest absolute Gasteiger partial charge is 0.469 e. The third kappa shape index (κ3) is 3.59. The van der Waals surface area contributed by atoms with Gasteiger partial charge in [0.2, 0.25) is 0 Å². The van der Waals surface area contributed by atoms with Crippen molar-refractivity contribution in [1.82, 2.24) is 15.1 Å². The van der Waals surface area contributed by atoms with Crippen LogP contribution in [0, 0.1) is 5.92 Å². The molecule has 5 nitrogen and oxygen atoms in total. The van der Waals surface area contributed by atoms with Crippen LogP contribution in [0.25, 0.3) is 0 Å². The fourth-order valence-electron chi connectivity index (χ4n) is 3.10. The zero-order valence-corrected chi connectivity index (χ0v) is 13.4. The summed E-state index contributed by atoms with van der Waals surface area (Å²) in [4.78, 5) is 0. The van der Waals surface area contributed by atoms with E-state index in [1.807, 2.05) is 30.1 Å². The van der Waals surface area contributed by atoms with E-state index in [1.165, 1.54) is 5.69 Å². The van der Waals surface area contributed by atoms with Crippen LogP contribution in [-0.4, -0.2) is 29.0 Å². The zero-order chi connectivity index (χ0) is 15.4. The van der Waals surface area contributed by atoms with Gasteiger partial charge in [-0.2, -0.15) is 5.10 Å². The highest BCUT2D eigenvalue weighted by atomic mass is 16.5. The molecule has 22 heavy (non-hydrogen) atoms. The quantitative estimate of drug-likeness (QED) is 0.854. The summed E-state index contributed by atoms with van der Waals surface area (Å²) in [5.74, 6) is 1.58. The van der Waals surface area contributed by atoms with Crippen LogP contribution in [-0.2, 0) is 18.2 Å². The molecule has 0 bridgehead atoms. The second-order valence-electron chi connectivity index (χ2n) is 6.15. The van der Waals surface area contributed by atoms with E-state index in [9.17, 15) is 0 Å². The summed E-state index contributed by atoms with van der Waals surface area (Å²) in [5.41, 5.74) is 1.17. The average Bonchev–Trinajstić information content (AvgIpc) is 3.24. The summed E-state index contributed by atoms with van der Waals surface area (Å²) in [6.45, 7) is 4.05. The minimum Gasteiger partial charge on any atom is -0.469 e. The average molecular weight is 303 g/mol. The summed E-state index contributed by atoms with van der Waals surface area (Å²) in [6.07, 6.45) is 6.91. The molecule has 5 heteroatoms. The predicted octanol–water partition coefficient (Wildman–Crippen LogP) is 2.70. The molecule has 2 aromatic rings. The fourth-order valence-corrected chi connectivity index (χ4v) is 3.10. The molecule has 1 aliphatic heterocycles. The molecule has 1 aliphatic rings. The van der Waals surface area contributed by atoms with Crippen molar-refractivity contribution in [3.05, 3.63) is 42.1 Å². The first-order valence-electron chi connectivity index (χ1n) is 8.09. The smallest absolute Gasteiger partial charge is 0.103 e. The van der Waals surface area contributed by atoms with E-state index in [0.717, 1.165) is 38.2 Å². The summed E-state index contributed by atoms with van der Waals surface area (Å²) < 4.78 is 13.2. The van der Waals surface area contributed by atoms with Gasteiger partial charge in [0.05, 0.1) is 12.0 Å². The van der Waals surface area contributed by atoms with Gasteiger partial charge in [0.25, 0.3) is 0 Å². The van der Waals surface area contributed by atoms with Gasteiger partial charge < -0.3 is 14.5 Å². The van der Waals surface area contributed by atoms with Crippen molar-refractivity contribution >= 4 is 0 Å². The highest BCUT2D eigenvalue weighted by molar-refractivity contribution is 5.07. The topological polar surface area (TPSA) is 52.2 Å². The molecule has 1 saturated heterocycles. The monoisotopic (exact) mass is 303 g/mol. The van der Waals surface area contributed by atoms with Crippen molar-refractivity contribution in [3.8, 4) is 0 Å². The van der Waals surface area contributed by atoms with Gasteiger partial charge >= 0.3 is 0 Å². The van der Waals surface area contributed by atoms with E-state index in [4.69, 9.17) is 9.15 Å². The molecule has 0 aromatic carbocycles. The summed E-state index contributed by atoms with van der Waals surface area (Å²) in [7, 11) is 1.98. The van der Waals surface area contributed by atoms with E-state index in [0.29, 0.717) is 12.0 Å². The van der Waals surface area contributed by atoms with Gasteiger partial charge in [-0.25, -0.2) is 0 Å². The van der Waals surface area contributed by atoms with E-state index in [2.05, 4.69) is 23.4 Å². The first-order valence-corrected chi connectivity index (χ1v) is 8.09. The molecular formula is C17H25N3O2. The molecule has 0 aliphatic carbocycles. The Bertz CT molecular complexity index is 564. The second kappa shape index (κ2) is 7.11. The van der Waals surface area contributed by atoms with Gasteiger partial charge in [-0.15, -0.1) is 0 Å². The lowest BCUT2D eigenvalue weighted by atomic mass is 9.98. The molecule has 1 unspecified atom stereocenters. The first kappa shape index (κ1) is 15.3. The number of aryl methyl sites for hydroxylation is 2. The molecule has 3 heterocycles. The van der Waals surface area contributed by atoms with Gasteiger partial charge in [0.1, 0.15) is 11.9 Å². The van der Waals surface area contributed by atoms with E-state index in [1.54, 1.807) is 6.26 Å². The third-order valence-electron chi connectivity index (χ3n) is 4.50. The zero-order valence-electron chi connectivity index (χ0n) is 13.4. The number of furan rings is 1. The Labute approximate surface area is 131 Å². The van der Waals surface area contributed by atoms with Crippen molar-refractivity contribution < 1.29 is 9.15 Å². The molecule has 3 rings (SSSR count). The summed E-state index contributed by atoms with van der Waals surface area (Å²) in [6, 6.07) is 6.51. The van der Waals surface area contributed by atoms with E-state index < -0.39 is 0 Å².